The Labute approximate surface area is 279 Å². The molecule has 0 aliphatic heterocycles. The van der Waals surface area contributed by atoms with Crippen molar-refractivity contribution in [2.75, 3.05) is 10.6 Å². The average molecular weight is 720 g/mol. The van der Waals surface area contributed by atoms with Crippen LogP contribution >= 0.6 is 0 Å². The number of hydrogen-bond acceptors (Lipinski definition) is 12. The molecule has 0 unspecified atom stereocenters. The number of aromatic nitrogens is 2. The van der Waals surface area contributed by atoms with E-state index < -0.39 is 23.9 Å². The van der Waals surface area contributed by atoms with Crippen molar-refractivity contribution in [3.05, 3.63) is 48.8 Å². The molecule has 0 spiro atoms. The molecule has 254 valence electrons. The zero-order valence-electron chi connectivity index (χ0n) is 26.2. The van der Waals surface area contributed by atoms with Gasteiger partial charge in [0.1, 0.15) is 11.6 Å². The monoisotopic (exact) mass is 718 g/mol. The fourth-order valence-electron chi connectivity index (χ4n) is 1.48. The molecule has 2 rings (SSSR count). The molecule has 0 bridgehead atoms. The van der Waals surface area contributed by atoms with Crippen molar-refractivity contribution < 1.29 is 83.3 Å². The summed E-state index contributed by atoms with van der Waals surface area (Å²) in [6.45, 7) is 15.1. The minimum atomic E-state index is -1.08. The summed E-state index contributed by atoms with van der Waals surface area (Å²) in [6, 6.07) is 10.8. The van der Waals surface area contributed by atoms with Crippen LogP contribution in [0, 0.1) is 10.8 Å². The number of anilines is 2. The Balaban J connectivity index is -0.000000108. The molecule has 0 aliphatic carbocycles. The molecule has 0 aliphatic rings. The van der Waals surface area contributed by atoms with Gasteiger partial charge in [0.15, 0.2) is 0 Å². The average Bonchev–Trinajstić information content (AvgIpc) is 2.78. The van der Waals surface area contributed by atoms with E-state index in [1.54, 1.807) is 24.5 Å². The number of carbonyl (C=O) groups is 6. The number of carbonyl (C=O) groups excluding carboxylic acids is 6. The largest absolute Gasteiger partial charge is 2.00 e. The molecular weight excluding hydrogens is 679 g/mol. The maximum Gasteiger partial charge on any atom is 2.00 e. The van der Waals surface area contributed by atoms with Crippen molar-refractivity contribution >= 4 is 47.3 Å². The first-order valence-corrected chi connectivity index (χ1v) is 12.1. The van der Waals surface area contributed by atoms with E-state index in [0.29, 0.717) is 11.6 Å². The summed E-state index contributed by atoms with van der Waals surface area (Å²) in [5.41, 5.74) is -0.755. The number of rotatable bonds is 2. The first-order valence-electron chi connectivity index (χ1n) is 12.1. The normalized spacial score (nSPS) is 8.77. The Hall–Kier alpha value is -3.84. The number of carboxylic acids is 4. The molecule has 0 atom stereocenters. The van der Waals surface area contributed by atoms with E-state index in [9.17, 15) is 9.59 Å². The molecule has 2 radical (unpaired) electrons. The fraction of sp³-hybridized carbons (Fsp3) is 0.429. The van der Waals surface area contributed by atoms with Gasteiger partial charge in [-0.1, -0.05) is 53.7 Å². The predicted molar refractivity (Wildman–Crippen MR) is 147 cm³/mol. The second kappa shape index (κ2) is 29.2. The van der Waals surface area contributed by atoms with Gasteiger partial charge in [0.25, 0.3) is 0 Å². The van der Waals surface area contributed by atoms with Crippen molar-refractivity contribution in [3.63, 3.8) is 0 Å². The fourth-order valence-corrected chi connectivity index (χ4v) is 1.48. The van der Waals surface area contributed by atoms with Crippen LogP contribution in [0.5, 0.6) is 0 Å². The van der Waals surface area contributed by atoms with Crippen molar-refractivity contribution in [1.29, 1.82) is 0 Å². The quantitative estimate of drug-likeness (QED) is 0.361. The van der Waals surface area contributed by atoms with E-state index in [1.165, 1.54) is 0 Å². The SMILES string of the molecule is CC(=O)[O-].CC(=O)[O-].CC(=O)[O-].CC(=O)[O-].CC(C)(C)C(=O)Nc1ccccn1.CC(C)(C)C(=O)Nc1ccccn1.[Cu+2].[Cu+2]. The van der Waals surface area contributed by atoms with Crippen LogP contribution in [0.1, 0.15) is 69.2 Å². The van der Waals surface area contributed by atoms with Crippen molar-refractivity contribution in [2.24, 2.45) is 10.8 Å². The van der Waals surface area contributed by atoms with Crippen molar-refractivity contribution in [1.82, 2.24) is 9.97 Å². The Morgan fingerprint density at radius 1 is 0.523 bits per heavy atom. The number of nitrogens with zero attached hydrogens (tertiary/aromatic N) is 2. The smallest absolute Gasteiger partial charge is 0.550 e. The first kappa shape index (κ1) is 52.8. The van der Waals surface area contributed by atoms with Crippen LogP contribution in [0.4, 0.5) is 11.6 Å². The van der Waals surface area contributed by atoms with Gasteiger partial charge < -0.3 is 50.2 Å². The van der Waals surface area contributed by atoms with E-state index in [1.807, 2.05) is 65.8 Å². The Morgan fingerprint density at radius 3 is 0.864 bits per heavy atom. The molecular formula is C28H40Cu2N4O10. The molecule has 2 aromatic rings. The van der Waals surface area contributed by atoms with Crippen LogP contribution in [0.3, 0.4) is 0 Å². The molecule has 0 aromatic carbocycles. The summed E-state index contributed by atoms with van der Waals surface area (Å²) < 4.78 is 0. The molecule has 44 heavy (non-hydrogen) atoms. The van der Waals surface area contributed by atoms with Gasteiger partial charge >= 0.3 is 34.1 Å². The van der Waals surface area contributed by atoms with Gasteiger partial charge in [-0.15, -0.1) is 0 Å². The number of aliphatic carboxylic acids is 4. The Bertz CT molecular complexity index is 964. The molecule has 2 aromatic heterocycles. The van der Waals surface area contributed by atoms with E-state index in [-0.39, 0.29) is 56.8 Å². The third-order valence-corrected chi connectivity index (χ3v) is 3.18. The minimum Gasteiger partial charge on any atom is -0.550 e. The van der Waals surface area contributed by atoms with Crippen LogP contribution in [0.15, 0.2) is 48.8 Å². The van der Waals surface area contributed by atoms with E-state index in [2.05, 4.69) is 20.6 Å². The van der Waals surface area contributed by atoms with Gasteiger partial charge in [-0.25, -0.2) is 9.97 Å². The van der Waals surface area contributed by atoms with Crippen molar-refractivity contribution in [2.45, 2.75) is 69.2 Å². The number of amides is 2. The summed E-state index contributed by atoms with van der Waals surface area (Å²) in [5, 5.41) is 41.0. The van der Waals surface area contributed by atoms with Gasteiger partial charge in [-0.05, 0) is 52.0 Å². The molecule has 2 N–H and O–H groups in total. The molecule has 0 saturated heterocycles. The predicted octanol–water partition coefficient (Wildman–Crippen LogP) is -0.848. The van der Waals surface area contributed by atoms with Crippen LogP contribution in [0.2, 0.25) is 0 Å². The molecule has 2 amide bonds. The van der Waals surface area contributed by atoms with E-state index >= 15 is 0 Å². The van der Waals surface area contributed by atoms with Crippen LogP contribution in [-0.4, -0.2) is 45.7 Å². The number of hydrogen-bond donors (Lipinski definition) is 2. The zero-order valence-corrected chi connectivity index (χ0v) is 28.1. The Morgan fingerprint density at radius 2 is 0.727 bits per heavy atom. The van der Waals surface area contributed by atoms with Gasteiger partial charge in [0.05, 0.1) is 0 Å². The Kier molecular flexibility index (Phi) is 35.1. The van der Waals surface area contributed by atoms with Gasteiger partial charge in [-0.2, -0.15) is 0 Å². The van der Waals surface area contributed by atoms with Gasteiger partial charge in [0, 0.05) is 47.1 Å². The molecule has 0 fully saturated rings. The van der Waals surface area contributed by atoms with Crippen molar-refractivity contribution in [3.8, 4) is 0 Å². The zero-order chi connectivity index (χ0) is 34.1. The topological polar surface area (TPSA) is 244 Å². The number of nitrogens with one attached hydrogen (secondary N) is 2. The summed E-state index contributed by atoms with van der Waals surface area (Å²) in [6.07, 6.45) is 3.30. The minimum absolute atomic E-state index is 0. The van der Waals surface area contributed by atoms with Crippen LogP contribution < -0.4 is 31.1 Å². The molecule has 16 heteroatoms. The summed E-state index contributed by atoms with van der Waals surface area (Å²) in [4.78, 5) is 66.5. The third-order valence-electron chi connectivity index (χ3n) is 3.18. The summed E-state index contributed by atoms with van der Waals surface area (Å²) in [7, 11) is 0. The molecule has 0 saturated carbocycles. The molecule has 14 nitrogen and oxygen atoms in total. The third kappa shape index (κ3) is 50.9. The maximum atomic E-state index is 11.5. The summed E-state index contributed by atoms with van der Waals surface area (Å²) in [5.74, 6) is -3.18. The first-order chi connectivity index (χ1) is 18.9. The van der Waals surface area contributed by atoms with E-state index in [0.717, 1.165) is 27.7 Å². The van der Waals surface area contributed by atoms with Crippen LogP contribution in [0.25, 0.3) is 0 Å². The summed E-state index contributed by atoms with van der Waals surface area (Å²) >= 11 is 0. The van der Waals surface area contributed by atoms with E-state index in [4.69, 9.17) is 39.6 Å². The second-order valence-electron chi connectivity index (χ2n) is 9.80. The molecule has 2 heterocycles. The standard InChI is InChI=1S/2C10H14N2O.4C2H4O2.2Cu/c2*1-10(2,3)9(13)12-8-6-4-5-7-11-8;4*1-2(3)4;;/h2*4-7H,1-3H3,(H,11,12,13);4*1H3,(H,3,4);;/q;;;;;;2*+2/p-4. The van der Waals surface area contributed by atoms with Gasteiger partial charge in [0.2, 0.25) is 11.8 Å². The number of pyridine rings is 2. The maximum absolute atomic E-state index is 11.5. The number of carboxylic acid groups (broad SMARTS) is 4. The van der Waals surface area contributed by atoms with Gasteiger partial charge in [-0.3, -0.25) is 9.59 Å². The van der Waals surface area contributed by atoms with Crippen LogP contribution in [-0.2, 0) is 62.9 Å². The second-order valence-corrected chi connectivity index (χ2v) is 9.80.